The van der Waals surface area contributed by atoms with Gasteiger partial charge in [-0.1, -0.05) is 0 Å². The fraction of sp³-hybridized carbons (Fsp3) is 0.556. The summed E-state index contributed by atoms with van der Waals surface area (Å²) in [6, 6.07) is 2.10. The predicted octanol–water partition coefficient (Wildman–Crippen LogP) is 1.81. The molecule has 1 amide bonds. The maximum absolute atomic E-state index is 12.7. The molecule has 0 aliphatic carbocycles. The van der Waals surface area contributed by atoms with E-state index in [-0.39, 0.29) is 24.4 Å². The van der Waals surface area contributed by atoms with E-state index in [9.17, 15) is 4.79 Å². The highest BCUT2D eigenvalue weighted by atomic mass is 35.5. The number of nitrogens with two attached hydrogens (primary N) is 1. The van der Waals surface area contributed by atoms with Gasteiger partial charge in [0.1, 0.15) is 0 Å². The molecule has 2 aromatic rings. The Balaban J connectivity index is 0.00000243. The second-order valence-corrected chi connectivity index (χ2v) is 6.81. The molecule has 0 bridgehead atoms. The van der Waals surface area contributed by atoms with Crippen molar-refractivity contribution in [1.29, 1.82) is 0 Å². The highest BCUT2D eigenvalue weighted by molar-refractivity contribution is 5.85. The highest BCUT2D eigenvalue weighted by Crippen LogP contribution is 2.21. The van der Waals surface area contributed by atoms with Crippen LogP contribution in [0.4, 0.5) is 0 Å². The van der Waals surface area contributed by atoms with Crippen LogP contribution in [-0.2, 0) is 11.2 Å². The lowest BCUT2D eigenvalue weighted by Crippen LogP contribution is -2.40. The second-order valence-electron chi connectivity index (χ2n) is 6.81. The van der Waals surface area contributed by atoms with Gasteiger partial charge in [-0.2, -0.15) is 5.10 Å². The van der Waals surface area contributed by atoms with E-state index in [1.54, 1.807) is 4.68 Å². The minimum absolute atomic E-state index is 0. The van der Waals surface area contributed by atoms with Gasteiger partial charge in [-0.3, -0.25) is 4.79 Å². The quantitative estimate of drug-likeness (QED) is 0.876. The topological polar surface area (TPSA) is 89.9 Å². The van der Waals surface area contributed by atoms with Crippen molar-refractivity contribution in [1.82, 2.24) is 24.6 Å². The molecule has 3 heterocycles. The Kier molecular flexibility index (Phi) is 6.36. The monoisotopic (exact) mass is 378 g/mol. The molecule has 142 valence electrons. The lowest BCUT2D eigenvalue weighted by molar-refractivity contribution is -0.131. The van der Waals surface area contributed by atoms with Crippen LogP contribution < -0.4 is 5.73 Å². The van der Waals surface area contributed by atoms with Crippen LogP contribution in [0, 0.1) is 27.7 Å². The minimum atomic E-state index is 0. The predicted molar refractivity (Wildman–Crippen MR) is 103 cm³/mol. The standard InChI is InChI=1S/C18H26N6O.ClH/c1-11-8-12(2)21-18(20-11)24-14(4)16(13(3)22-24)9-17(25)23-7-5-6-15(23)10-19;/h8,15H,5-7,9-10,19H2,1-4H3;1H. The molecule has 8 heteroatoms. The molecule has 0 spiro atoms. The average molecular weight is 379 g/mol. The number of hydrogen-bond donors (Lipinski definition) is 1. The third-order valence-corrected chi connectivity index (χ3v) is 4.90. The second kappa shape index (κ2) is 8.14. The van der Waals surface area contributed by atoms with Crippen molar-refractivity contribution in [3.05, 3.63) is 34.4 Å². The zero-order valence-electron chi connectivity index (χ0n) is 15.8. The third kappa shape index (κ3) is 3.88. The van der Waals surface area contributed by atoms with E-state index >= 15 is 0 Å². The zero-order valence-corrected chi connectivity index (χ0v) is 16.6. The Morgan fingerprint density at radius 2 is 1.88 bits per heavy atom. The molecule has 0 saturated carbocycles. The van der Waals surface area contributed by atoms with Gasteiger partial charge in [0.05, 0.1) is 12.1 Å². The summed E-state index contributed by atoms with van der Waals surface area (Å²) in [7, 11) is 0. The van der Waals surface area contributed by atoms with Crippen LogP contribution in [0.2, 0.25) is 0 Å². The highest BCUT2D eigenvalue weighted by Gasteiger charge is 2.29. The number of nitrogens with zero attached hydrogens (tertiary/aromatic N) is 5. The molecule has 1 aliphatic heterocycles. The summed E-state index contributed by atoms with van der Waals surface area (Å²) in [5.41, 5.74) is 10.3. The van der Waals surface area contributed by atoms with E-state index in [0.29, 0.717) is 18.9 Å². The van der Waals surface area contributed by atoms with Gasteiger partial charge >= 0.3 is 0 Å². The number of amides is 1. The van der Waals surface area contributed by atoms with Crippen molar-refractivity contribution in [2.45, 2.75) is 53.0 Å². The van der Waals surface area contributed by atoms with Gasteiger partial charge < -0.3 is 10.6 Å². The lowest BCUT2D eigenvalue weighted by Gasteiger charge is -2.23. The largest absolute Gasteiger partial charge is 0.338 e. The summed E-state index contributed by atoms with van der Waals surface area (Å²) >= 11 is 0. The van der Waals surface area contributed by atoms with E-state index in [1.165, 1.54) is 0 Å². The van der Waals surface area contributed by atoms with Gasteiger partial charge in [-0.05, 0) is 46.6 Å². The van der Waals surface area contributed by atoms with Crippen molar-refractivity contribution < 1.29 is 4.79 Å². The first-order chi connectivity index (χ1) is 11.9. The molecule has 2 aromatic heterocycles. The van der Waals surface area contributed by atoms with E-state index in [0.717, 1.165) is 47.7 Å². The third-order valence-electron chi connectivity index (χ3n) is 4.90. The smallest absolute Gasteiger partial charge is 0.251 e. The molecule has 1 unspecified atom stereocenters. The maximum Gasteiger partial charge on any atom is 0.251 e. The number of likely N-dealkylation sites (tertiary alicyclic amines) is 1. The maximum atomic E-state index is 12.7. The molecule has 2 N–H and O–H groups in total. The Morgan fingerprint density at radius 1 is 1.23 bits per heavy atom. The fourth-order valence-corrected chi connectivity index (χ4v) is 3.59. The van der Waals surface area contributed by atoms with Crippen LogP contribution in [0.1, 0.15) is 41.2 Å². The average Bonchev–Trinajstić information content (AvgIpc) is 3.13. The Labute approximate surface area is 160 Å². The summed E-state index contributed by atoms with van der Waals surface area (Å²) < 4.78 is 1.74. The molecule has 0 aromatic carbocycles. The van der Waals surface area contributed by atoms with Crippen LogP contribution in [0.3, 0.4) is 0 Å². The lowest BCUT2D eigenvalue weighted by atomic mass is 10.1. The van der Waals surface area contributed by atoms with E-state index < -0.39 is 0 Å². The minimum Gasteiger partial charge on any atom is -0.338 e. The Morgan fingerprint density at radius 3 is 2.50 bits per heavy atom. The molecule has 1 saturated heterocycles. The van der Waals surface area contributed by atoms with Gasteiger partial charge in [0, 0.05) is 41.8 Å². The molecule has 0 radical (unpaired) electrons. The van der Waals surface area contributed by atoms with Crippen LogP contribution in [0.15, 0.2) is 6.07 Å². The summed E-state index contributed by atoms with van der Waals surface area (Å²) in [6.45, 7) is 9.10. The van der Waals surface area contributed by atoms with Crippen LogP contribution in [-0.4, -0.2) is 49.7 Å². The SMILES string of the molecule is Cc1cc(C)nc(-n2nc(C)c(CC(=O)N3CCCC3CN)c2C)n1.Cl. The molecule has 1 aliphatic rings. The van der Waals surface area contributed by atoms with Crippen molar-refractivity contribution in [3.8, 4) is 5.95 Å². The normalized spacial score (nSPS) is 16.7. The number of aryl methyl sites for hydroxylation is 3. The number of halogens is 1. The zero-order chi connectivity index (χ0) is 18.1. The van der Waals surface area contributed by atoms with Crippen LogP contribution in [0.25, 0.3) is 5.95 Å². The number of carbonyl (C=O) groups excluding carboxylic acids is 1. The first-order valence-corrected chi connectivity index (χ1v) is 8.78. The number of carbonyl (C=O) groups is 1. The van der Waals surface area contributed by atoms with Gasteiger partial charge in [-0.15, -0.1) is 12.4 Å². The molecule has 7 nitrogen and oxygen atoms in total. The fourth-order valence-electron chi connectivity index (χ4n) is 3.59. The molecule has 1 fully saturated rings. The summed E-state index contributed by atoms with van der Waals surface area (Å²) in [6.07, 6.45) is 2.37. The first kappa shape index (κ1) is 20.3. The molecular weight excluding hydrogens is 352 g/mol. The van der Waals surface area contributed by atoms with E-state index in [4.69, 9.17) is 5.73 Å². The van der Waals surface area contributed by atoms with Crippen molar-refractivity contribution in [2.75, 3.05) is 13.1 Å². The van der Waals surface area contributed by atoms with Crippen LogP contribution in [0.5, 0.6) is 0 Å². The van der Waals surface area contributed by atoms with Crippen molar-refractivity contribution in [3.63, 3.8) is 0 Å². The van der Waals surface area contributed by atoms with Crippen molar-refractivity contribution >= 4 is 18.3 Å². The molecule has 1 atom stereocenters. The molecule has 26 heavy (non-hydrogen) atoms. The van der Waals surface area contributed by atoms with Crippen molar-refractivity contribution in [2.24, 2.45) is 5.73 Å². The number of aromatic nitrogens is 4. The van der Waals surface area contributed by atoms with Gasteiger partial charge in [0.25, 0.3) is 5.95 Å². The van der Waals surface area contributed by atoms with E-state index in [2.05, 4.69) is 15.1 Å². The Hall–Kier alpha value is -1.99. The number of rotatable bonds is 4. The summed E-state index contributed by atoms with van der Waals surface area (Å²) in [4.78, 5) is 23.6. The number of hydrogen-bond acceptors (Lipinski definition) is 5. The molecular formula is C18H27ClN6O. The summed E-state index contributed by atoms with van der Waals surface area (Å²) in [5.74, 6) is 0.679. The van der Waals surface area contributed by atoms with Gasteiger partial charge in [0.15, 0.2) is 0 Å². The first-order valence-electron chi connectivity index (χ1n) is 8.78. The van der Waals surface area contributed by atoms with Crippen LogP contribution >= 0.6 is 12.4 Å². The van der Waals surface area contributed by atoms with Gasteiger partial charge in [-0.25, -0.2) is 14.6 Å². The summed E-state index contributed by atoms with van der Waals surface area (Å²) in [5, 5.41) is 4.58. The Bertz CT molecular complexity index is 783. The van der Waals surface area contributed by atoms with E-state index in [1.807, 2.05) is 38.7 Å². The van der Waals surface area contributed by atoms with Gasteiger partial charge in [0.2, 0.25) is 5.91 Å². The molecule has 3 rings (SSSR count).